The van der Waals surface area contributed by atoms with Gasteiger partial charge in [-0.25, -0.2) is 4.68 Å². The van der Waals surface area contributed by atoms with Gasteiger partial charge in [-0.15, -0.1) is 5.10 Å². The zero-order valence-corrected chi connectivity index (χ0v) is 12.4. The van der Waals surface area contributed by atoms with E-state index in [1.165, 1.54) is 14.0 Å². The predicted molar refractivity (Wildman–Crippen MR) is 79.0 cm³/mol. The lowest BCUT2D eigenvalue weighted by molar-refractivity contribution is -0.114. The van der Waals surface area contributed by atoms with Crippen molar-refractivity contribution in [3.8, 4) is 0 Å². The van der Waals surface area contributed by atoms with Gasteiger partial charge in [0.25, 0.3) is 0 Å². The minimum atomic E-state index is -0.471. The van der Waals surface area contributed by atoms with E-state index < -0.39 is 5.56 Å². The number of hydrogen-bond donors (Lipinski definition) is 2. The van der Waals surface area contributed by atoms with Crippen molar-refractivity contribution in [2.75, 3.05) is 10.6 Å². The molecule has 7 nitrogen and oxygen atoms in total. The van der Waals surface area contributed by atoms with Crippen LogP contribution in [0.25, 0.3) is 0 Å². The molecule has 1 aromatic carbocycles. The lowest BCUT2D eigenvalue weighted by Crippen LogP contribution is -2.27. The molecular weight excluding hydrogens is 326 g/mol. The van der Waals surface area contributed by atoms with Crippen LogP contribution in [0.15, 0.2) is 33.5 Å². The van der Waals surface area contributed by atoms with Gasteiger partial charge in [-0.2, -0.15) is 4.98 Å². The van der Waals surface area contributed by atoms with Crippen LogP contribution in [0.2, 0.25) is 0 Å². The van der Waals surface area contributed by atoms with Crippen LogP contribution >= 0.6 is 15.9 Å². The number of amides is 1. The number of benzene rings is 1. The Morgan fingerprint density at radius 1 is 1.30 bits per heavy atom. The molecule has 1 aromatic heterocycles. The first-order valence-electron chi connectivity index (χ1n) is 5.71. The van der Waals surface area contributed by atoms with Crippen molar-refractivity contribution in [2.24, 2.45) is 7.05 Å². The van der Waals surface area contributed by atoms with E-state index in [0.717, 1.165) is 14.8 Å². The molecule has 0 aliphatic rings. The van der Waals surface area contributed by atoms with Crippen LogP contribution in [0, 0.1) is 0 Å². The highest BCUT2D eigenvalue weighted by atomic mass is 79.9. The third-order valence-corrected chi connectivity index (χ3v) is 2.88. The number of carbonyl (C=O) groups is 1. The molecule has 1 amide bonds. The fourth-order valence-corrected chi connectivity index (χ4v) is 1.74. The summed E-state index contributed by atoms with van der Waals surface area (Å²) in [5.41, 5.74) is 0.294. The molecule has 0 saturated heterocycles. The summed E-state index contributed by atoms with van der Waals surface area (Å²) in [6.45, 7) is 1.31. The Morgan fingerprint density at radius 3 is 2.55 bits per heavy atom. The second-order valence-corrected chi connectivity index (χ2v) is 4.94. The van der Waals surface area contributed by atoms with Crippen molar-refractivity contribution in [2.45, 2.75) is 6.92 Å². The summed E-state index contributed by atoms with van der Waals surface area (Å²) in [4.78, 5) is 26.8. The van der Waals surface area contributed by atoms with E-state index in [4.69, 9.17) is 0 Å². The van der Waals surface area contributed by atoms with E-state index in [2.05, 4.69) is 36.6 Å². The number of aromatic nitrogens is 3. The van der Waals surface area contributed by atoms with E-state index in [1.54, 1.807) is 0 Å². The summed E-state index contributed by atoms with van der Waals surface area (Å²) in [5.74, 6) is -0.205. The van der Waals surface area contributed by atoms with Gasteiger partial charge in [0.1, 0.15) is 0 Å². The highest BCUT2D eigenvalue weighted by Crippen LogP contribution is 2.16. The number of carbonyl (C=O) groups excluding carboxylic acids is 1. The predicted octanol–water partition coefficient (Wildman–Crippen LogP) is 1.64. The van der Waals surface area contributed by atoms with Crippen molar-refractivity contribution in [3.05, 3.63) is 39.1 Å². The summed E-state index contributed by atoms with van der Waals surface area (Å²) in [5, 5.41) is 9.31. The molecule has 8 heteroatoms. The largest absolute Gasteiger partial charge is 0.323 e. The Kier molecular flexibility index (Phi) is 4.14. The van der Waals surface area contributed by atoms with Crippen molar-refractivity contribution in [3.63, 3.8) is 0 Å². The maximum absolute atomic E-state index is 11.7. The van der Waals surface area contributed by atoms with Crippen LogP contribution in [-0.4, -0.2) is 20.7 Å². The summed E-state index contributed by atoms with van der Waals surface area (Å²) in [6.07, 6.45) is 0. The number of nitrogens with one attached hydrogen (secondary N) is 2. The third kappa shape index (κ3) is 3.41. The monoisotopic (exact) mass is 337 g/mol. The molecule has 0 atom stereocenters. The first kappa shape index (κ1) is 14.2. The minimum Gasteiger partial charge on any atom is -0.323 e. The zero-order valence-electron chi connectivity index (χ0n) is 10.8. The summed E-state index contributed by atoms with van der Waals surface area (Å²) < 4.78 is 2.06. The molecule has 20 heavy (non-hydrogen) atoms. The zero-order chi connectivity index (χ0) is 14.7. The molecule has 0 aliphatic carbocycles. The number of aryl methyl sites for hydroxylation is 1. The summed E-state index contributed by atoms with van der Waals surface area (Å²) in [7, 11) is 1.49. The van der Waals surface area contributed by atoms with Crippen molar-refractivity contribution < 1.29 is 4.79 Å². The van der Waals surface area contributed by atoms with Crippen LogP contribution in [0.1, 0.15) is 6.92 Å². The Balaban J connectivity index is 2.32. The van der Waals surface area contributed by atoms with Crippen molar-refractivity contribution in [1.29, 1.82) is 0 Å². The minimum absolute atomic E-state index is 0.0605. The number of rotatable bonds is 3. The SMILES string of the molecule is CC(=O)Nc1nc(Nc2ccc(Br)cc2)nn(C)c1=O. The van der Waals surface area contributed by atoms with E-state index >= 15 is 0 Å². The molecule has 2 rings (SSSR count). The quantitative estimate of drug-likeness (QED) is 0.888. The fourth-order valence-electron chi connectivity index (χ4n) is 1.48. The number of halogens is 1. The topological polar surface area (TPSA) is 88.9 Å². The average molecular weight is 338 g/mol. The molecular formula is C12H12BrN5O2. The van der Waals surface area contributed by atoms with E-state index in [0.29, 0.717) is 0 Å². The Hall–Kier alpha value is -2.22. The Morgan fingerprint density at radius 2 is 1.95 bits per heavy atom. The second kappa shape index (κ2) is 5.83. The van der Waals surface area contributed by atoms with Crippen LogP contribution in [-0.2, 0) is 11.8 Å². The third-order valence-electron chi connectivity index (χ3n) is 2.35. The van der Waals surface area contributed by atoms with Crippen molar-refractivity contribution in [1.82, 2.24) is 14.8 Å². The van der Waals surface area contributed by atoms with Gasteiger partial charge in [-0.05, 0) is 24.3 Å². The van der Waals surface area contributed by atoms with Crippen LogP contribution < -0.4 is 16.2 Å². The van der Waals surface area contributed by atoms with Gasteiger partial charge < -0.3 is 10.6 Å². The second-order valence-electron chi connectivity index (χ2n) is 4.03. The highest BCUT2D eigenvalue weighted by Gasteiger charge is 2.09. The molecule has 0 aliphatic heterocycles. The fraction of sp³-hybridized carbons (Fsp3) is 0.167. The summed E-state index contributed by atoms with van der Waals surface area (Å²) in [6, 6.07) is 7.38. The molecule has 0 bridgehead atoms. The maximum Gasteiger partial charge on any atom is 0.309 e. The summed E-state index contributed by atoms with van der Waals surface area (Å²) >= 11 is 3.34. The number of anilines is 3. The molecule has 0 spiro atoms. The molecule has 0 unspecified atom stereocenters. The Bertz CT molecular complexity index is 696. The molecule has 0 radical (unpaired) electrons. The van der Waals surface area contributed by atoms with Crippen LogP contribution in [0.3, 0.4) is 0 Å². The lowest BCUT2D eigenvalue weighted by Gasteiger charge is -2.08. The molecule has 1 heterocycles. The molecule has 0 saturated carbocycles. The Labute approximate surface area is 123 Å². The smallest absolute Gasteiger partial charge is 0.309 e. The lowest BCUT2D eigenvalue weighted by atomic mass is 10.3. The van der Waals surface area contributed by atoms with Gasteiger partial charge in [-0.3, -0.25) is 9.59 Å². The number of nitrogens with zero attached hydrogens (tertiary/aromatic N) is 3. The molecule has 2 N–H and O–H groups in total. The van der Waals surface area contributed by atoms with E-state index in [-0.39, 0.29) is 17.7 Å². The first-order valence-corrected chi connectivity index (χ1v) is 6.50. The average Bonchev–Trinajstić information content (AvgIpc) is 2.37. The van der Waals surface area contributed by atoms with Crippen LogP contribution in [0.4, 0.5) is 17.5 Å². The highest BCUT2D eigenvalue weighted by molar-refractivity contribution is 9.10. The molecule has 2 aromatic rings. The first-order chi connectivity index (χ1) is 9.45. The van der Waals surface area contributed by atoms with Gasteiger partial charge >= 0.3 is 5.56 Å². The van der Waals surface area contributed by atoms with E-state index in [1.807, 2.05) is 24.3 Å². The van der Waals surface area contributed by atoms with Crippen molar-refractivity contribution >= 4 is 39.3 Å². The van der Waals surface area contributed by atoms with Crippen LogP contribution in [0.5, 0.6) is 0 Å². The molecule has 104 valence electrons. The van der Waals surface area contributed by atoms with Gasteiger partial charge in [0.2, 0.25) is 17.7 Å². The standard InChI is InChI=1S/C12H12BrN5O2/c1-7(19)14-10-11(20)18(2)17-12(16-10)15-9-5-3-8(13)4-6-9/h3-6H,1-2H3,(H2,14,15,16,17,19). The van der Waals surface area contributed by atoms with Gasteiger partial charge in [-0.1, -0.05) is 15.9 Å². The van der Waals surface area contributed by atoms with E-state index in [9.17, 15) is 9.59 Å². The normalized spacial score (nSPS) is 10.2. The van der Waals surface area contributed by atoms with Gasteiger partial charge in [0, 0.05) is 24.1 Å². The molecule has 0 fully saturated rings. The van der Waals surface area contributed by atoms with Gasteiger partial charge in [0.15, 0.2) is 0 Å². The van der Waals surface area contributed by atoms with Gasteiger partial charge in [0.05, 0.1) is 0 Å². The number of hydrogen-bond acceptors (Lipinski definition) is 5. The maximum atomic E-state index is 11.7.